The summed E-state index contributed by atoms with van der Waals surface area (Å²) in [7, 11) is 0. The van der Waals surface area contributed by atoms with E-state index in [1.807, 2.05) is 32.9 Å². The monoisotopic (exact) mass is 488 g/mol. The largest absolute Gasteiger partial charge is 0.466 e. The lowest BCUT2D eigenvalue weighted by Gasteiger charge is -2.20. The first kappa shape index (κ1) is 25.1. The molecule has 1 aliphatic rings. The zero-order valence-electron chi connectivity index (χ0n) is 20.9. The van der Waals surface area contributed by atoms with Crippen molar-refractivity contribution in [2.24, 2.45) is 0 Å². The second kappa shape index (κ2) is 10.3. The van der Waals surface area contributed by atoms with E-state index in [1.165, 1.54) is 18.2 Å². The third-order valence-electron chi connectivity index (χ3n) is 6.63. The van der Waals surface area contributed by atoms with Gasteiger partial charge in [-0.15, -0.1) is 0 Å². The topological polar surface area (TPSA) is 75.7 Å². The normalized spacial score (nSPS) is 12.3. The minimum atomic E-state index is -0.470. The average Bonchev–Trinajstić information content (AvgIpc) is 3.30. The number of halogens is 1. The summed E-state index contributed by atoms with van der Waals surface area (Å²) in [6, 6.07) is 12.9. The van der Waals surface area contributed by atoms with Crippen molar-refractivity contribution in [1.29, 1.82) is 0 Å². The molecular weight excluding hydrogens is 459 g/mol. The molecule has 7 heteroatoms. The third-order valence-corrected chi connectivity index (χ3v) is 6.63. The van der Waals surface area contributed by atoms with Gasteiger partial charge in [0.1, 0.15) is 5.82 Å². The number of rotatable bonds is 6. The number of esters is 1. The fourth-order valence-corrected chi connectivity index (χ4v) is 4.65. The zero-order valence-corrected chi connectivity index (χ0v) is 20.9. The summed E-state index contributed by atoms with van der Waals surface area (Å²) in [4.78, 5) is 40.4. The molecule has 0 aliphatic carbocycles. The quantitative estimate of drug-likeness (QED) is 0.480. The fourth-order valence-electron chi connectivity index (χ4n) is 4.65. The standard InChI is InChI=1S/C29H29FN2O4/c1-5-36-26(33)14-23-18(3)24-15-32(29(35)21-7-6-8-22(30)13-21)16-25(24)19(4)27(23)31-28(34)20-11-9-17(2)10-12-20/h6-13H,5,14-16H2,1-4H3,(H,31,34). The van der Waals surface area contributed by atoms with Gasteiger partial charge < -0.3 is 15.0 Å². The Morgan fingerprint density at radius 1 is 0.944 bits per heavy atom. The van der Waals surface area contributed by atoms with Gasteiger partial charge in [0.25, 0.3) is 11.8 Å². The van der Waals surface area contributed by atoms with Crippen LogP contribution >= 0.6 is 0 Å². The van der Waals surface area contributed by atoms with E-state index in [9.17, 15) is 18.8 Å². The summed E-state index contributed by atoms with van der Waals surface area (Å²) in [5.74, 6) is -1.42. The number of amides is 2. The Kier molecular flexibility index (Phi) is 7.20. The number of anilines is 1. The van der Waals surface area contributed by atoms with Crippen molar-refractivity contribution in [3.8, 4) is 0 Å². The molecule has 0 bridgehead atoms. The highest BCUT2D eigenvalue weighted by atomic mass is 19.1. The van der Waals surface area contributed by atoms with Crippen LogP contribution in [-0.2, 0) is 29.0 Å². The molecule has 0 unspecified atom stereocenters. The minimum absolute atomic E-state index is 0.00481. The van der Waals surface area contributed by atoms with Gasteiger partial charge in [-0.1, -0.05) is 23.8 Å². The van der Waals surface area contributed by atoms with E-state index in [0.717, 1.165) is 27.8 Å². The Morgan fingerprint density at radius 2 is 1.61 bits per heavy atom. The van der Waals surface area contributed by atoms with Gasteiger partial charge in [-0.2, -0.15) is 0 Å². The van der Waals surface area contributed by atoms with Gasteiger partial charge in [0.05, 0.1) is 13.0 Å². The van der Waals surface area contributed by atoms with Crippen molar-refractivity contribution in [3.63, 3.8) is 0 Å². The van der Waals surface area contributed by atoms with Crippen LogP contribution in [0.3, 0.4) is 0 Å². The number of nitrogens with zero attached hydrogens (tertiary/aromatic N) is 1. The van der Waals surface area contributed by atoms with E-state index >= 15 is 0 Å². The Morgan fingerprint density at radius 3 is 2.25 bits per heavy atom. The van der Waals surface area contributed by atoms with Crippen molar-refractivity contribution in [3.05, 3.63) is 98.9 Å². The fraction of sp³-hybridized carbons (Fsp3) is 0.276. The Balaban J connectivity index is 1.72. The Labute approximate surface area is 210 Å². The van der Waals surface area contributed by atoms with E-state index < -0.39 is 11.8 Å². The lowest BCUT2D eigenvalue weighted by atomic mass is 9.90. The minimum Gasteiger partial charge on any atom is -0.466 e. The Bertz CT molecular complexity index is 1350. The van der Waals surface area contributed by atoms with Gasteiger partial charge in [-0.05, 0) is 85.8 Å². The molecule has 3 aromatic carbocycles. The highest BCUT2D eigenvalue weighted by molar-refractivity contribution is 6.05. The number of fused-ring (bicyclic) bond motifs is 1. The summed E-state index contributed by atoms with van der Waals surface area (Å²) in [6.45, 7) is 8.38. The molecule has 6 nitrogen and oxygen atoms in total. The molecule has 1 N–H and O–H groups in total. The molecule has 186 valence electrons. The average molecular weight is 489 g/mol. The van der Waals surface area contributed by atoms with Gasteiger partial charge in [0.2, 0.25) is 0 Å². The van der Waals surface area contributed by atoms with Crippen LogP contribution in [0.4, 0.5) is 10.1 Å². The molecule has 0 saturated heterocycles. The van der Waals surface area contributed by atoms with E-state index in [0.29, 0.717) is 29.9 Å². The second-order valence-corrected chi connectivity index (χ2v) is 9.03. The number of aryl methyl sites for hydroxylation is 1. The number of nitrogens with one attached hydrogen (secondary N) is 1. The highest BCUT2D eigenvalue weighted by Gasteiger charge is 2.31. The molecule has 0 atom stereocenters. The lowest BCUT2D eigenvalue weighted by Crippen LogP contribution is -2.25. The maximum absolute atomic E-state index is 13.7. The van der Waals surface area contributed by atoms with Crippen molar-refractivity contribution in [2.75, 3.05) is 11.9 Å². The molecule has 2 amide bonds. The molecule has 0 fully saturated rings. The highest BCUT2D eigenvalue weighted by Crippen LogP contribution is 2.38. The number of carbonyl (C=O) groups excluding carboxylic acids is 3. The molecule has 36 heavy (non-hydrogen) atoms. The summed E-state index contributed by atoms with van der Waals surface area (Å²) >= 11 is 0. The van der Waals surface area contributed by atoms with Gasteiger partial charge in [0.15, 0.2) is 0 Å². The number of hydrogen-bond donors (Lipinski definition) is 1. The van der Waals surface area contributed by atoms with Crippen LogP contribution in [-0.4, -0.2) is 29.3 Å². The molecule has 0 saturated carbocycles. The van der Waals surface area contributed by atoms with Gasteiger partial charge in [-0.25, -0.2) is 4.39 Å². The van der Waals surface area contributed by atoms with E-state index in [4.69, 9.17) is 4.74 Å². The number of ether oxygens (including phenoxy) is 1. The smallest absolute Gasteiger partial charge is 0.310 e. The van der Waals surface area contributed by atoms with Gasteiger partial charge >= 0.3 is 5.97 Å². The third kappa shape index (κ3) is 5.00. The van der Waals surface area contributed by atoms with Crippen LogP contribution in [0.2, 0.25) is 0 Å². The van der Waals surface area contributed by atoms with Crippen LogP contribution in [0.1, 0.15) is 61.0 Å². The van der Waals surface area contributed by atoms with E-state index in [2.05, 4.69) is 5.32 Å². The molecule has 1 aliphatic heterocycles. The van der Waals surface area contributed by atoms with Crippen molar-refractivity contribution in [2.45, 2.75) is 47.2 Å². The maximum Gasteiger partial charge on any atom is 0.310 e. The zero-order chi connectivity index (χ0) is 26.0. The molecular formula is C29H29FN2O4. The molecule has 0 aromatic heterocycles. The van der Waals surface area contributed by atoms with Crippen molar-refractivity contribution in [1.82, 2.24) is 4.90 Å². The van der Waals surface area contributed by atoms with E-state index in [-0.39, 0.29) is 30.4 Å². The number of benzene rings is 3. The van der Waals surface area contributed by atoms with Crippen LogP contribution in [0.15, 0.2) is 48.5 Å². The van der Waals surface area contributed by atoms with Gasteiger partial charge in [0, 0.05) is 29.9 Å². The first-order valence-electron chi connectivity index (χ1n) is 11.9. The predicted molar refractivity (Wildman–Crippen MR) is 135 cm³/mol. The summed E-state index contributed by atoms with van der Waals surface area (Å²) in [5, 5.41) is 3.02. The van der Waals surface area contributed by atoms with Crippen LogP contribution in [0, 0.1) is 26.6 Å². The summed E-state index contributed by atoms with van der Waals surface area (Å²) in [6.07, 6.45) is -0.00481. The summed E-state index contributed by atoms with van der Waals surface area (Å²) < 4.78 is 18.9. The molecule has 0 radical (unpaired) electrons. The molecule has 1 heterocycles. The van der Waals surface area contributed by atoms with Crippen LogP contribution < -0.4 is 5.32 Å². The van der Waals surface area contributed by atoms with E-state index in [1.54, 1.807) is 30.0 Å². The maximum atomic E-state index is 13.7. The summed E-state index contributed by atoms with van der Waals surface area (Å²) in [5.41, 5.74) is 6.54. The Hall–Kier alpha value is -4.00. The van der Waals surface area contributed by atoms with Gasteiger partial charge in [-0.3, -0.25) is 14.4 Å². The first-order valence-corrected chi connectivity index (χ1v) is 11.9. The molecule has 0 spiro atoms. The van der Waals surface area contributed by atoms with Crippen LogP contribution in [0.5, 0.6) is 0 Å². The first-order chi connectivity index (χ1) is 17.2. The van der Waals surface area contributed by atoms with Crippen molar-refractivity contribution >= 4 is 23.5 Å². The number of carbonyl (C=O) groups is 3. The predicted octanol–water partition coefficient (Wildman–Crippen LogP) is 5.26. The second-order valence-electron chi connectivity index (χ2n) is 9.03. The lowest BCUT2D eigenvalue weighted by molar-refractivity contribution is -0.142. The number of hydrogen-bond acceptors (Lipinski definition) is 4. The SMILES string of the molecule is CCOC(=O)Cc1c(C)c2c(c(C)c1NC(=O)c1ccc(C)cc1)CN(C(=O)c1cccc(F)c1)C2. The van der Waals surface area contributed by atoms with Crippen LogP contribution in [0.25, 0.3) is 0 Å². The molecule has 4 rings (SSSR count). The van der Waals surface area contributed by atoms with Crippen molar-refractivity contribution < 1.29 is 23.5 Å². The molecule has 3 aromatic rings.